The van der Waals surface area contributed by atoms with Gasteiger partial charge in [0.05, 0.1) is 0 Å². The quantitative estimate of drug-likeness (QED) is 0.878. The van der Waals surface area contributed by atoms with Crippen molar-refractivity contribution in [1.29, 1.82) is 0 Å². The lowest BCUT2D eigenvalue weighted by Gasteiger charge is -2.38. The van der Waals surface area contributed by atoms with Gasteiger partial charge in [-0.25, -0.2) is 0 Å². The van der Waals surface area contributed by atoms with E-state index in [2.05, 4.69) is 63.3 Å². The molecule has 118 valence electrons. The van der Waals surface area contributed by atoms with E-state index in [1.807, 2.05) is 0 Å². The lowest BCUT2D eigenvalue weighted by atomic mass is 9.84. The predicted molar refractivity (Wildman–Crippen MR) is 91.8 cm³/mol. The van der Waals surface area contributed by atoms with Crippen LogP contribution in [0, 0.1) is 19.8 Å². The lowest BCUT2D eigenvalue weighted by Crippen LogP contribution is -2.43. The van der Waals surface area contributed by atoms with Gasteiger partial charge in [0.25, 0.3) is 0 Å². The maximum Gasteiger partial charge on any atom is 0.0449 e. The highest BCUT2D eigenvalue weighted by molar-refractivity contribution is 5.33. The highest BCUT2D eigenvalue weighted by Gasteiger charge is 2.26. The zero-order chi connectivity index (χ0) is 15.4. The smallest absolute Gasteiger partial charge is 0.0449 e. The normalized spacial score (nSPS) is 24.3. The van der Waals surface area contributed by atoms with Crippen LogP contribution in [-0.4, -0.2) is 31.6 Å². The summed E-state index contributed by atoms with van der Waals surface area (Å²) in [5, 5.41) is 3.53. The van der Waals surface area contributed by atoms with Crippen LogP contribution < -0.4 is 5.32 Å². The van der Waals surface area contributed by atoms with Crippen molar-refractivity contribution in [1.82, 2.24) is 10.2 Å². The van der Waals surface area contributed by atoms with E-state index in [9.17, 15) is 0 Å². The van der Waals surface area contributed by atoms with Crippen LogP contribution in [0.15, 0.2) is 18.2 Å². The molecule has 1 aromatic carbocycles. The topological polar surface area (TPSA) is 15.3 Å². The highest BCUT2D eigenvalue weighted by Crippen LogP contribution is 2.29. The van der Waals surface area contributed by atoms with Crippen molar-refractivity contribution in [2.24, 2.45) is 5.92 Å². The Kier molecular flexibility index (Phi) is 5.83. The van der Waals surface area contributed by atoms with Crippen molar-refractivity contribution in [3.63, 3.8) is 0 Å². The molecule has 0 saturated heterocycles. The number of nitrogens with one attached hydrogen (secondary N) is 1. The maximum absolute atomic E-state index is 3.53. The molecule has 1 aromatic rings. The van der Waals surface area contributed by atoms with Crippen LogP contribution in [0.5, 0.6) is 0 Å². The molecule has 0 bridgehead atoms. The molecule has 0 aliphatic heterocycles. The SMILES string of the molecule is CNC(CN(C)C1CCCCC1C)c1cc(C)ccc1C. The van der Waals surface area contributed by atoms with E-state index in [0.29, 0.717) is 6.04 Å². The van der Waals surface area contributed by atoms with Gasteiger partial charge < -0.3 is 10.2 Å². The molecule has 0 radical (unpaired) electrons. The summed E-state index contributed by atoms with van der Waals surface area (Å²) in [6.07, 6.45) is 5.56. The fraction of sp³-hybridized carbons (Fsp3) is 0.684. The van der Waals surface area contributed by atoms with Crippen LogP contribution >= 0.6 is 0 Å². The van der Waals surface area contributed by atoms with Gasteiger partial charge in [0.1, 0.15) is 0 Å². The molecule has 3 unspecified atom stereocenters. The van der Waals surface area contributed by atoms with Crippen molar-refractivity contribution in [3.05, 3.63) is 34.9 Å². The summed E-state index contributed by atoms with van der Waals surface area (Å²) in [5.41, 5.74) is 4.20. The second kappa shape index (κ2) is 7.42. The number of rotatable bonds is 5. The van der Waals surface area contributed by atoms with E-state index in [1.165, 1.54) is 42.4 Å². The number of hydrogen-bond donors (Lipinski definition) is 1. The second-order valence-electron chi connectivity index (χ2n) is 6.97. The summed E-state index contributed by atoms with van der Waals surface area (Å²) < 4.78 is 0. The van der Waals surface area contributed by atoms with Gasteiger partial charge in [0.2, 0.25) is 0 Å². The van der Waals surface area contributed by atoms with E-state index in [-0.39, 0.29) is 0 Å². The molecular formula is C19H32N2. The van der Waals surface area contributed by atoms with Gasteiger partial charge in [-0.15, -0.1) is 0 Å². The summed E-state index contributed by atoms with van der Waals surface area (Å²) in [4.78, 5) is 2.59. The minimum Gasteiger partial charge on any atom is -0.312 e. The molecule has 1 aliphatic carbocycles. The zero-order valence-corrected chi connectivity index (χ0v) is 14.4. The van der Waals surface area contributed by atoms with Crippen LogP contribution in [0.1, 0.15) is 55.3 Å². The Balaban J connectivity index is 2.09. The van der Waals surface area contributed by atoms with Gasteiger partial charge in [-0.1, -0.05) is 43.5 Å². The predicted octanol–water partition coefficient (Wildman–Crippen LogP) is 4.07. The number of hydrogen-bond acceptors (Lipinski definition) is 2. The number of aryl methyl sites for hydroxylation is 2. The van der Waals surface area contributed by atoms with E-state index in [1.54, 1.807) is 0 Å². The molecule has 2 rings (SSSR count). The van der Waals surface area contributed by atoms with Crippen molar-refractivity contribution in [3.8, 4) is 0 Å². The molecule has 0 heterocycles. The molecule has 2 heteroatoms. The average Bonchev–Trinajstić information content (AvgIpc) is 2.47. The van der Waals surface area contributed by atoms with E-state index in [0.717, 1.165) is 18.5 Å². The Labute approximate surface area is 130 Å². The van der Waals surface area contributed by atoms with Crippen molar-refractivity contribution >= 4 is 0 Å². The van der Waals surface area contributed by atoms with Gasteiger partial charge in [-0.05, 0) is 57.8 Å². The van der Waals surface area contributed by atoms with Gasteiger partial charge >= 0.3 is 0 Å². The molecule has 1 saturated carbocycles. The van der Waals surface area contributed by atoms with Crippen LogP contribution in [0.25, 0.3) is 0 Å². The van der Waals surface area contributed by atoms with E-state index in [4.69, 9.17) is 0 Å². The summed E-state index contributed by atoms with van der Waals surface area (Å²) in [6.45, 7) is 7.92. The highest BCUT2D eigenvalue weighted by atomic mass is 15.2. The summed E-state index contributed by atoms with van der Waals surface area (Å²) in [5.74, 6) is 0.833. The Morgan fingerprint density at radius 3 is 2.62 bits per heavy atom. The van der Waals surface area contributed by atoms with Gasteiger partial charge in [-0.2, -0.15) is 0 Å². The summed E-state index contributed by atoms with van der Waals surface area (Å²) in [6, 6.07) is 7.97. The standard InChI is InChI=1S/C19H32N2/c1-14-10-11-15(2)17(12-14)18(20-4)13-21(5)19-9-7-6-8-16(19)3/h10-12,16,18-20H,6-9,13H2,1-5H3. The molecule has 3 atom stereocenters. The van der Waals surface area contributed by atoms with Crippen LogP contribution in [0.3, 0.4) is 0 Å². The summed E-state index contributed by atoms with van der Waals surface area (Å²) in [7, 11) is 4.40. The Hall–Kier alpha value is -0.860. The van der Waals surface area contributed by atoms with Gasteiger partial charge in [0.15, 0.2) is 0 Å². The minimum atomic E-state index is 0.420. The van der Waals surface area contributed by atoms with Crippen molar-refractivity contribution < 1.29 is 0 Å². The van der Waals surface area contributed by atoms with E-state index >= 15 is 0 Å². The first-order valence-corrected chi connectivity index (χ1v) is 8.47. The first-order chi connectivity index (χ1) is 10.0. The third kappa shape index (κ3) is 4.08. The van der Waals surface area contributed by atoms with Gasteiger partial charge in [-0.3, -0.25) is 0 Å². The number of likely N-dealkylation sites (N-methyl/N-ethyl adjacent to an activating group) is 2. The van der Waals surface area contributed by atoms with Gasteiger partial charge in [0, 0.05) is 18.6 Å². The molecule has 2 nitrogen and oxygen atoms in total. The molecule has 0 amide bonds. The fourth-order valence-electron chi connectivity index (χ4n) is 3.86. The molecule has 21 heavy (non-hydrogen) atoms. The molecular weight excluding hydrogens is 256 g/mol. The van der Waals surface area contributed by atoms with Crippen molar-refractivity contribution in [2.45, 2.75) is 58.5 Å². The van der Waals surface area contributed by atoms with Crippen LogP contribution in [0.2, 0.25) is 0 Å². The Morgan fingerprint density at radius 1 is 1.24 bits per heavy atom. The minimum absolute atomic E-state index is 0.420. The molecule has 1 fully saturated rings. The molecule has 1 N–H and O–H groups in total. The van der Waals surface area contributed by atoms with Crippen LogP contribution in [0.4, 0.5) is 0 Å². The number of benzene rings is 1. The third-order valence-corrected chi connectivity index (χ3v) is 5.26. The third-order valence-electron chi connectivity index (χ3n) is 5.26. The average molecular weight is 288 g/mol. The second-order valence-corrected chi connectivity index (χ2v) is 6.97. The maximum atomic E-state index is 3.53. The Morgan fingerprint density at radius 2 is 1.95 bits per heavy atom. The van der Waals surface area contributed by atoms with E-state index < -0.39 is 0 Å². The monoisotopic (exact) mass is 288 g/mol. The number of nitrogens with zero attached hydrogens (tertiary/aromatic N) is 1. The summed E-state index contributed by atoms with van der Waals surface area (Å²) >= 11 is 0. The largest absolute Gasteiger partial charge is 0.312 e. The fourth-order valence-corrected chi connectivity index (χ4v) is 3.86. The molecule has 1 aliphatic rings. The Bertz CT molecular complexity index is 455. The first-order valence-electron chi connectivity index (χ1n) is 8.47. The lowest BCUT2D eigenvalue weighted by molar-refractivity contribution is 0.129. The van der Waals surface area contributed by atoms with Crippen LogP contribution in [-0.2, 0) is 0 Å². The molecule has 0 spiro atoms. The zero-order valence-electron chi connectivity index (χ0n) is 14.4. The van der Waals surface area contributed by atoms with Crippen molar-refractivity contribution in [2.75, 3.05) is 20.6 Å². The molecule has 0 aromatic heterocycles. The first kappa shape index (κ1) is 16.5.